The van der Waals surface area contributed by atoms with E-state index in [1.165, 1.54) is 4.31 Å². The van der Waals surface area contributed by atoms with Gasteiger partial charge in [0.15, 0.2) is 0 Å². The summed E-state index contributed by atoms with van der Waals surface area (Å²) in [6.45, 7) is 0.438. The Morgan fingerprint density at radius 3 is 2.79 bits per heavy atom. The fraction of sp³-hybridized carbons (Fsp3) is 0.857. The average molecular weight is 220 g/mol. The van der Waals surface area contributed by atoms with Crippen molar-refractivity contribution in [3.8, 4) is 0 Å². The Bertz CT molecular complexity index is 353. The number of carboxylic acids is 1. The Balaban J connectivity index is 2.19. The minimum absolute atomic E-state index is 0.000602. The summed E-state index contributed by atoms with van der Waals surface area (Å²) in [4.78, 5) is 10.4. The molecule has 14 heavy (non-hydrogen) atoms. The maximum absolute atomic E-state index is 11.7. The highest BCUT2D eigenvalue weighted by Gasteiger charge is 2.46. The Morgan fingerprint density at radius 2 is 2.21 bits per heavy atom. The lowest BCUT2D eigenvalue weighted by molar-refractivity contribution is -0.137. The van der Waals surface area contributed by atoms with Crippen LogP contribution in [0.25, 0.3) is 0 Å². The SMILES string of the molecule is O=C(O)CN1C[C@H]2CCCN2S1(=O)=O. The predicted molar refractivity (Wildman–Crippen MR) is 47.9 cm³/mol. The van der Waals surface area contributed by atoms with E-state index < -0.39 is 22.7 Å². The molecule has 0 amide bonds. The highest BCUT2D eigenvalue weighted by atomic mass is 32.2. The van der Waals surface area contributed by atoms with Gasteiger partial charge in [0.1, 0.15) is 6.54 Å². The predicted octanol–water partition coefficient (Wildman–Crippen LogP) is -0.904. The summed E-state index contributed by atoms with van der Waals surface area (Å²) in [5, 5.41) is 8.54. The second-order valence-corrected chi connectivity index (χ2v) is 5.48. The number of hydrogen-bond donors (Lipinski definition) is 1. The summed E-state index contributed by atoms with van der Waals surface area (Å²) in [7, 11) is -3.47. The zero-order chi connectivity index (χ0) is 10.3. The highest BCUT2D eigenvalue weighted by Crippen LogP contribution is 2.30. The Hall–Kier alpha value is -0.660. The van der Waals surface area contributed by atoms with Gasteiger partial charge in [0.25, 0.3) is 10.2 Å². The third-order valence-corrected chi connectivity index (χ3v) is 4.68. The molecule has 7 heteroatoms. The maximum atomic E-state index is 11.7. The van der Waals surface area contributed by atoms with E-state index in [-0.39, 0.29) is 6.04 Å². The van der Waals surface area contributed by atoms with Gasteiger partial charge in [0.05, 0.1) is 0 Å². The molecule has 2 fully saturated rings. The van der Waals surface area contributed by atoms with E-state index in [4.69, 9.17) is 5.11 Å². The topological polar surface area (TPSA) is 77.9 Å². The van der Waals surface area contributed by atoms with Gasteiger partial charge < -0.3 is 5.11 Å². The van der Waals surface area contributed by atoms with Gasteiger partial charge in [0.2, 0.25) is 0 Å². The van der Waals surface area contributed by atoms with Crippen molar-refractivity contribution in [2.75, 3.05) is 19.6 Å². The van der Waals surface area contributed by atoms with Crippen molar-refractivity contribution in [3.05, 3.63) is 0 Å². The monoisotopic (exact) mass is 220 g/mol. The second-order valence-electron chi connectivity index (χ2n) is 3.60. The van der Waals surface area contributed by atoms with E-state index in [0.717, 1.165) is 17.1 Å². The Labute approximate surface area is 82.3 Å². The Kier molecular flexibility index (Phi) is 2.24. The van der Waals surface area contributed by atoms with Gasteiger partial charge >= 0.3 is 5.97 Å². The number of rotatable bonds is 2. The zero-order valence-corrected chi connectivity index (χ0v) is 8.40. The largest absolute Gasteiger partial charge is 0.480 e. The summed E-state index contributed by atoms with van der Waals surface area (Å²) in [6, 6.07) is -0.000602. The van der Waals surface area contributed by atoms with Gasteiger partial charge in [-0.3, -0.25) is 4.79 Å². The van der Waals surface area contributed by atoms with Crippen LogP contribution >= 0.6 is 0 Å². The third kappa shape index (κ3) is 1.41. The molecular weight excluding hydrogens is 208 g/mol. The number of carbonyl (C=O) groups is 1. The van der Waals surface area contributed by atoms with Crippen LogP contribution < -0.4 is 0 Å². The summed E-state index contributed by atoms with van der Waals surface area (Å²) < 4.78 is 25.9. The first-order valence-electron chi connectivity index (χ1n) is 4.50. The minimum Gasteiger partial charge on any atom is -0.480 e. The molecule has 2 aliphatic rings. The molecule has 0 aromatic heterocycles. The van der Waals surface area contributed by atoms with Crippen LogP contribution in [0, 0.1) is 0 Å². The lowest BCUT2D eigenvalue weighted by Gasteiger charge is -2.14. The molecule has 1 atom stereocenters. The first-order valence-corrected chi connectivity index (χ1v) is 5.90. The van der Waals surface area contributed by atoms with Crippen molar-refractivity contribution in [2.24, 2.45) is 0 Å². The Morgan fingerprint density at radius 1 is 1.50 bits per heavy atom. The highest BCUT2D eigenvalue weighted by molar-refractivity contribution is 7.87. The van der Waals surface area contributed by atoms with E-state index in [9.17, 15) is 13.2 Å². The van der Waals surface area contributed by atoms with Crippen LogP contribution in [-0.4, -0.2) is 53.8 Å². The summed E-state index contributed by atoms with van der Waals surface area (Å²) in [5.41, 5.74) is 0. The van der Waals surface area contributed by atoms with Gasteiger partial charge in [0, 0.05) is 19.1 Å². The molecule has 2 aliphatic heterocycles. The molecule has 0 aromatic rings. The van der Waals surface area contributed by atoms with Crippen LogP contribution in [0.1, 0.15) is 12.8 Å². The van der Waals surface area contributed by atoms with E-state index in [1.54, 1.807) is 0 Å². The first kappa shape index (κ1) is 9.88. The molecule has 2 saturated heterocycles. The van der Waals surface area contributed by atoms with Gasteiger partial charge in [-0.25, -0.2) is 0 Å². The van der Waals surface area contributed by atoms with Gasteiger partial charge in [-0.2, -0.15) is 17.0 Å². The second kappa shape index (κ2) is 3.18. The molecule has 0 saturated carbocycles. The fourth-order valence-electron chi connectivity index (χ4n) is 2.07. The number of hydrogen-bond acceptors (Lipinski definition) is 3. The third-order valence-electron chi connectivity index (χ3n) is 2.67. The van der Waals surface area contributed by atoms with E-state index in [1.807, 2.05) is 0 Å². The molecule has 1 N–H and O–H groups in total. The molecule has 0 spiro atoms. The van der Waals surface area contributed by atoms with Crippen LogP contribution in [0.3, 0.4) is 0 Å². The molecule has 0 bridgehead atoms. The van der Waals surface area contributed by atoms with Crippen molar-refractivity contribution in [2.45, 2.75) is 18.9 Å². The molecule has 0 radical (unpaired) electrons. The van der Waals surface area contributed by atoms with Crippen LogP contribution in [0.5, 0.6) is 0 Å². The van der Waals surface area contributed by atoms with Crippen LogP contribution in [-0.2, 0) is 15.0 Å². The molecule has 0 unspecified atom stereocenters. The fourth-order valence-corrected chi connectivity index (χ4v) is 3.91. The number of fused-ring (bicyclic) bond motifs is 1. The van der Waals surface area contributed by atoms with Crippen LogP contribution in [0.15, 0.2) is 0 Å². The molecule has 2 rings (SSSR count). The molecule has 0 aromatic carbocycles. The summed E-state index contributed by atoms with van der Waals surface area (Å²) in [5.74, 6) is -1.10. The number of nitrogens with zero attached hydrogens (tertiary/aromatic N) is 2. The molecule has 2 heterocycles. The minimum atomic E-state index is -3.47. The van der Waals surface area contributed by atoms with E-state index in [2.05, 4.69) is 0 Å². The number of aliphatic carboxylic acids is 1. The zero-order valence-electron chi connectivity index (χ0n) is 7.59. The normalized spacial score (nSPS) is 31.9. The van der Waals surface area contributed by atoms with Crippen molar-refractivity contribution in [3.63, 3.8) is 0 Å². The summed E-state index contributed by atoms with van der Waals surface area (Å²) >= 11 is 0. The molecule has 80 valence electrons. The average Bonchev–Trinajstić information content (AvgIpc) is 2.57. The smallest absolute Gasteiger partial charge is 0.318 e. The first-order chi connectivity index (χ1) is 6.51. The molecular formula is C7H12N2O4S. The van der Waals surface area contributed by atoms with Gasteiger partial charge in [-0.1, -0.05) is 0 Å². The lowest BCUT2D eigenvalue weighted by Crippen LogP contribution is -2.36. The van der Waals surface area contributed by atoms with Crippen molar-refractivity contribution < 1.29 is 18.3 Å². The van der Waals surface area contributed by atoms with Gasteiger partial charge in [-0.15, -0.1) is 0 Å². The maximum Gasteiger partial charge on any atom is 0.318 e. The van der Waals surface area contributed by atoms with Crippen molar-refractivity contribution in [1.29, 1.82) is 0 Å². The summed E-state index contributed by atoms with van der Waals surface area (Å²) in [6.07, 6.45) is 1.72. The van der Waals surface area contributed by atoms with Crippen LogP contribution in [0.2, 0.25) is 0 Å². The van der Waals surface area contributed by atoms with Crippen LogP contribution in [0.4, 0.5) is 0 Å². The molecule has 0 aliphatic carbocycles. The molecule has 6 nitrogen and oxygen atoms in total. The number of carboxylic acid groups (broad SMARTS) is 1. The van der Waals surface area contributed by atoms with E-state index in [0.29, 0.717) is 13.1 Å². The van der Waals surface area contributed by atoms with Gasteiger partial charge in [-0.05, 0) is 12.8 Å². The lowest BCUT2D eigenvalue weighted by atomic mass is 10.2. The quantitative estimate of drug-likeness (QED) is 0.654. The van der Waals surface area contributed by atoms with E-state index >= 15 is 0 Å². The van der Waals surface area contributed by atoms with Crippen molar-refractivity contribution in [1.82, 2.24) is 8.61 Å². The standard InChI is InChI=1S/C7H12N2O4S/c10-7(11)5-8-4-6-2-1-3-9(6)14(8,12)13/h6H,1-5H2,(H,10,11)/t6-/m1/s1. The van der Waals surface area contributed by atoms with Crippen molar-refractivity contribution >= 4 is 16.2 Å².